The molecule has 2 aromatic rings. The molecule has 8 heteroatoms. The van der Waals surface area contributed by atoms with Gasteiger partial charge in [0.1, 0.15) is 10.7 Å². The van der Waals surface area contributed by atoms with Crippen molar-refractivity contribution in [3.63, 3.8) is 0 Å². The number of aromatic nitrogens is 1. The molecular formula is C11H7BrClFN2O2S. The number of anilines is 1. The number of nitrogens with one attached hydrogen (secondary N) is 1. The van der Waals surface area contributed by atoms with Crippen molar-refractivity contribution < 1.29 is 12.8 Å². The van der Waals surface area contributed by atoms with E-state index in [4.69, 9.17) is 11.6 Å². The van der Waals surface area contributed by atoms with Gasteiger partial charge >= 0.3 is 0 Å². The summed E-state index contributed by atoms with van der Waals surface area (Å²) in [5.74, 6) is -0.859. The first-order valence-corrected chi connectivity index (χ1v) is 7.63. The van der Waals surface area contributed by atoms with E-state index in [0.717, 1.165) is 12.1 Å². The van der Waals surface area contributed by atoms with Crippen LogP contribution in [0.15, 0.2) is 46.0 Å². The van der Waals surface area contributed by atoms with E-state index in [1.165, 1.54) is 24.5 Å². The molecular weight excluding hydrogens is 359 g/mol. The zero-order valence-corrected chi connectivity index (χ0v) is 12.4. The largest absolute Gasteiger partial charge is 0.276 e. The Hall–Kier alpha value is -1.18. The molecule has 0 aliphatic carbocycles. The summed E-state index contributed by atoms with van der Waals surface area (Å²) in [6, 6.07) is 5.09. The lowest BCUT2D eigenvalue weighted by atomic mass is 10.3. The topological polar surface area (TPSA) is 59.1 Å². The molecule has 100 valence electrons. The van der Waals surface area contributed by atoms with Gasteiger partial charge in [0.05, 0.1) is 16.9 Å². The van der Waals surface area contributed by atoms with Crippen molar-refractivity contribution in [3.8, 4) is 0 Å². The smallest absolute Gasteiger partial charge is 0.264 e. The van der Waals surface area contributed by atoms with E-state index in [1.54, 1.807) is 0 Å². The van der Waals surface area contributed by atoms with Gasteiger partial charge in [0.15, 0.2) is 0 Å². The Kier molecular flexibility index (Phi) is 4.07. The van der Waals surface area contributed by atoms with Crippen LogP contribution in [0, 0.1) is 5.82 Å². The highest BCUT2D eigenvalue weighted by Gasteiger charge is 2.20. The second-order valence-corrected chi connectivity index (χ2v) is 6.51. The molecule has 0 saturated carbocycles. The van der Waals surface area contributed by atoms with Gasteiger partial charge < -0.3 is 0 Å². The normalized spacial score (nSPS) is 11.3. The van der Waals surface area contributed by atoms with Gasteiger partial charge in [-0.3, -0.25) is 9.71 Å². The molecule has 0 unspecified atom stereocenters. The summed E-state index contributed by atoms with van der Waals surface area (Å²) in [4.78, 5) is 3.28. The van der Waals surface area contributed by atoms with Gasteiger partial charge in [-0.25, -0.2) is 12.8 Å². The van der Waals surface area contributed by atoms with Crippen molar-refractivity contribution in [1.29, 1.82) is 0 Å². The Morgan fingerprint density at radius 2 is 2.05 bits per heavy atom. The molecule has 1 N–H and O–H groups in total. The highest BCUT2D eigenvalue weighted by Crippen LogP contribution is 2.25. The highest BCUT2D eigenvalue weighted by atomic mass is 79.9. The number of hydrogen-bond donors (Lipinski definition) is 1. The summed E-state index contributed by atoms with van der Waals surface area (Å²) >= 11 is 8.87. The summed E-state index contributed by atoms with van der Waals surface area (Å²) in [6.07, 6.45) is 2.66. The van der Waals surface area contributed by atoms with Crippen molar-refractivity contribution in [1.82, 2.24) is 4.98 Å². The van der Waals surface area contributed by atoms with Crippen LogP contribution >= 0.6 is 27.5 Å². The van der Waals surface area contributed by atoms with Crippen LogP contribution in [0.25, 0.3) is 0 Å². The molecule has 1 heterocycles. The minimum atomic E-state index is -4.05. The number of halogens is 3. The van der Waals surface area contributed by atoms with E-state index in [2.05, 4.69) is 25.6 Å². The summed E-state index contributed by atoms with van der Waals surface area (Å²) in [6.45, 7) is 0. The summed E-state index contributed by atoms with van der Waals surface area (Å²) in [5, 5.41) is 0.177. The van der Waals surface area contributed by atoms with E-state index in [0.29, 0.717) is 4.47 Å². The fourth-order valence-electron chi connectivity index (χ4n) is 1.35. The molecule has 0 aliphatic rings. The van der Waals surface area contributed by atoms with Gasteiger partial charge in [0.2, 0.25) is 0 Å². The van der Waals surface area contributed by atoms with Crippen molar-refractivity contribution in [2.24, 2.45) is 0 Å². The lowest BCUT2D eigenvalue weighted by Crippen LogP contribution is -2.15. The minimum Gasteiger partial charge on any atom is -0.276 e. The van der Waals surface area contributed by atoms with Gasteiger partial charge in [-0.2, -0.15) is 0 Å². The maximum Gasteiger partial charge on any atom is 0.264 e. The molecule has 1 aromatic heterocycles. The molecule has 4 nitrogen and oxygen atoms in total. The first-order chi connectivity index (χ1) is 8.90. The van der Waals surface area contributed by atoms with Crippen LogP contribution in [0.2, 0.25) is 5.02 Å². The molecule has 0 radical (unpaired) electrons. The predicted octanol–water partition coefficient (Wildman–Crippen LogP) is 3.44. The Morgan fingerprint density at radius 1 is 1.32 bits per heavy atom. The Morgan fingerprint density at radius 3 is 2.68 bits per heavy atom. The molecule has 0 spiro atoms. The first-order valence-electron chi connectivity index (χ1n) is 4.97. The lowest BCUT2D eigenvalue weighted by Gasteiger charge is -2.09. The van der Waals surface area contributed by atoms with E-state index in [-0.39, 0.29) is 10.7 Å². The quantitative estimate of drug-likeness (QED) is 0.906. The number of hydrogen-bond acceptors (Lipinski definition) is 3. The van der Waals surface area contributed by atoms with Crippen LogP contribution in [-0.4, -0.2) is 13.4 Å². The Balaban J connectivity index is 2.41. The third-order valence-corrected chi connectivity index (χ3v) is 4.42. The molecule has 19 heavy (non-hydrogen) atoms. The van der Waals surface area contributed by atoms with Gasteiger partial charge in [0, 0.05) is 10.7 Å². The van der Waals surface area contributed by atoms with E-state index in [1.807, 2.05) is 0 Å². The fourth-order valence-corrected chi connectivity index (χ4v) is 3.01. The maximum atomic E-state index is 13.7. The van der Waals surface area contributed by atoms with E-state index < -0.39 is 20.7 Å². The zero-order valence-electron chi connectivity index (χ0n) is 9.27. The average Bonchev–Trinajstić information content (AvgIpc) is 2.31. The maximum absolute atomic E-state index is 13.7. The molecule has 0 aliphatic heterocycles. The monoisotopic (exact) mass is 364 g/mol. The minimum absolute atomic E-state index is 0.0893. The van der Waals surface area contributed by atoms with Gasteiger partial charge in [0.25, 0.3) is 10.0 Å². The number of rotatable bonds is 3. The molecule has 0 atom stereocenters. The fraction of sp³-hybridized carbons (Fsp3) is 0. The molecule has 2 rings (SSSR count). The van der Waals surface area contributed by atoms with Crippen molar-refractivity contribution in [2.45, 2.75) is 4.90 Å². The first kappa shape index (κ1) is 14.2. The van der Waals surface area contributed by atoms with E-state index in [9.17, 15) is 12.8 Å². The van der Waals surface area contributed by atoms with Gasteiger partial charge in [-0.05, 0) is 24.3 Å². The van der Waals surface area contributed by atoms with Crippen LogP contribution in [-0.2, 0) is 10.0 Å². The molecule has 1 aromatic carbocycles. The number of sulfonamides is 1. The third kappa shape index (κ3) is 3.23. The van der Waals surface area contributed by atoms with Crippen LogP contribution in [0.5, 0.6) is 0 Å². The molecule has 0 amide bonds. The SMILES string of the molecule is O=S(=O)(Nc1cnccc1Cl)c1ccc(Br)cc1F. The van der Waals surface area contributed by atoms with Crippen LogP contribution < -0.4 is 4.72 Å². The molecule has 0 bridgehead atoms. The van der Waals surface area contributed by atoms with Crippen molar-refractivity contribution >= 4 is 43.2 Å². The molecule has 0 fully saturated rings. The average molecular weight is 366 g/mol. The summed E-state index contributed by atoms with van der Waals surface area (Å²) < 4.78 is 40.4. The predicted molar refractivity (Wildman–Crippen MR) is 74.2 cm³/mol. The standard InChI is InChI=1S/C11H7BrClFN2O2S/c12-7-1-2-11(9(14)5-7)19(17,18)16-10-6-15-4-3-8(10)13/h1-6,16H. The summed E-state index contributed by atoms with van der Waals surface area (Å²) in [7, 11) is -4.05. The van der Waals surface area contributed by atoms with Gasteiger partial charge in [-0.1, -0.05) is 27.5 Å². The van der Waals surface area contributed by atoms with Crippen LogP contribution in [0.4, 0.5) is 10.1 Å². The highest BCUT2D eigenvalue weighted by molar-refractivity contribution is 9.10. The van der Waals surface area contributed by atoms with Gasteiger partial charge in [-0.15, -0.1) is 0 Å². The van der Waals surface area contributed by atoms with E-state index >= 15 is 0 Å². The number of nitrogens with zero attached hydrogens (tertiary/aromatic N) is 1. The third-order valence-electron chi connectivity index (χ3n) is 2.20. The number of pyridine rings is 1. The number of benzene rings is 1. The Bertz CT molecular complexity index is 724. The van der Waals surface area contributed by atoms with Crippen molar-refractivity contribution in [3.05, 3.63) is 52.0 Å². The zero-order chi connectivity index (χ0) is 14.0. The lowest BCUT2D eigenvalue weighted by molar-refractivity contribution is 0.570. The Labute approximate surface area is 122 Å². The molecule has 0 saturated heterocycles. The second-order valence-electron chi connectivity index (χ2n) is 3.54. The van der Waals surface area contributed by atoms with Crippen LogP contribution in [0.3, 0.4) is 0 Å². The summed E-state index contributed by atoms with van der Waals surface area (Å²) in [5.41, 5.74) is 0.0893. The second kappa shape index (κ2) is 5.44. The van der Waals surface area contributed by atoms with Crippen LogP contribution in [0.1, 0.15) is 0 Å². The van der Waals surface area contributed by atoms with Crippen molar-refractivity contribution in [2.75, 3.05) is 4.72 Å².